The smallest absolute Gasteiger partial charge is 0.257 e. The van der Waals surface area contributed by atoms with E-state index in [9.17, 15) is 14.7 Å². The Morgan fingerprint density at radius 2 is 1.96 bits per heavy atom. The normalized spacial score (nSPS) is 11.0. The van der Waals surface area contributed by atoms with E-state index in [2.05, 4.69) is 24.1 Å². The predicted molar refractivity (Wildman–Crippen MR) is 107 cm³/mol. The fraction of sp³-hybridized carbons (Fsp3) is 0.450. The Morgan fingerprint density at radius 3 is 2.56 bits per heavy atom. The Hall–Kier alpha value is -2.18. The lowest BCUT2D eigenvalue weighted by Gasteiger charge is -2.16. The number of halogens is 1. The average molecular weight is 392 g/mol. The zero-order valence-corrected chi connectivity index (χ0v) is 16.7. The van der Waals surface area contributed by atoms with Gasteiger partial charge in [0.2, 0.25) is 5.91 Å². The molecule has 2 rings (SSSR count). The van der Waals surface area contributed by atoms with Crippen molar-refractivity contribution < 1.29 is 9.90 Å². The molecular weight excluding hydrogens is 366 g/mol. The van der Waals surface area contributed by atoms with Crippen molar-refractivity contribution in [3.8, 4) is 11.4 Å². The number of carbonyl (C=O) groups excluding carboxylic acids is 1. The lowest BCUT2D eigenvalue weighted by atomic mass is 10.1. The van der Waals surface area contributed by atoms with Gasteiger partial charge in [0.25, 0.3) is 5.56 Å². The number of benzene rings is 1. The number of rotatable bonds is 8. The van der Waals surface area contributed by atoms with E-state index in [0.717, 1.165) is 6.42 Å². The summed E-state index contributed by atoms with van der Waals surface area (Å²) in [7, 11) is 0. The molecule has 0 unspecified atom stereocenters. The van der Waals surface area contributed by atoms with Crippen LogP contribution in [0.4, 0.5) is 0 Å². The summed E-state index contributed by atoms with van der Waals surface area (Å²) in [6, 6.07) is 6.96. The molecule has 0 radical (unpaired) electrons. The standard InChI is InChI=1S/C20H26ClN3O3/c1-13(2)8-10-22-18(26)12-24-19(15-4-6-16(21)7-5-15)23-14(3)17(9-11-25)20(24)27/h4-7,13,25H,8-12H2,1-3H3,(H,22,26). The van der Waals surface area contributed by atoms with Gasteiger partial charge in [0.05, 0.1) is 0 Å². The van der Waals surface area contributed by atoms with Gasteiger partial charge in [-0.2, -0.15) is 0 Å². The summed E-state index contributed by atoms with van der Waals surface area (Å²) in [5.74, 6) is 0.651. The third-order valence-corrected chi connectivity index (χ3v) is 4.53. The summed E-state index contributed by atoms with van der Waals surface area (Å²) in [6.45, 7) is 6.18. The first-order valence-corrected chi connectivity index (χ1v) is 9.45. The minimum absolute atomic E-state index is 0.124. The van der Waals surface area contributed by atoms with Crippen LogP contribution in [-0.2, 0) is 17.8 Å². The maximum Gasteiger partial charge on any atom is 0.257 e. The first-order chi connectivity index (χ1) is 12.8. The van der Waals surface area contributed by atoms with Crippen molar-refractivity contribution in [1.82, 2.24) is 14.9 Å². The van der Waals surface area contributed by atoms with Crippen LogP contribution in [0.3, 0.4) is 0 Å². The molecule has 146 valence electrons. The van der Waals surface area contributed by atoms with Crippen LogP contribution < -0.4 is 10.9 Å². The zero-order valence-electron chi connectivity index (χ0n) is 16.0. The van der Waals surface area contributed by atoms with E-state index in [0.29, 0.717) is 40.1 Å². The minimum Gasteiger partial charge on any atom is -0.396 e. The number of aryl methyl sites for hydroxylation is 1. The van der Waals surface area contributed by atoms with E-state index in [-0.39, 0.29) is 31.0 Å². The first-order valence-electron chi connectivity index (χ1n) is 9.07. The minimum atomic E-state index is -0.305. The highest BCUT2D eigenvalue weighted by Gasteiger charge is 2.17. The number of nitrogens with zero attached hydrogens (tertiary/aromatic N) is 2. The number of nitrogens with one attached hydrogen (secondary N) is 1. The molecule has 6 nitrogen and oxygen atoms in total. The van der Waals surface area contributed by atoms with Crippen LogP contribution in [0.2, 0.25) is 5.02 Å². The van der Waals surface area contributed by atoms with Crippen molar-refractivity contribution in [3.05, 3.63) is 50.9 Å². The number of aliphatic hydroxyl groups excluding tert-OH is 1. The van der Waals surface area contributed by atoms with Gasteiger partial charge in [-0.05, 0) is 43.5 Å². The third kappa shape index (κ3) is 5.65. The van der Waals surface area contributed by atoms with E-state index in [1.54, 1.807) is 31.2 Å². The number of hydrogen-bond acceptors (Lipinski definition) is 4. The van der Waals surface area contributed by atoms with Gasteiger partial charge >= 0.3 is 0 Å². The zero-order chi connectivity index (χ0) is 20.0. The van der Waals surface area contributed by atoms with Crippen LogP contribution in [0.1, 0.15) is 31.5 Å². The molecule has 27 heavy (non-hydrogen) atoms. The predicted octanol–water partition coefficient (Wildman–Crippen LogP) is 2.57. The summed E-state index contributed by atoms with van der Waals surface area (Å²) in [4.78, 5) is 29.9. The fourth-order valence-corrected chi connectivity index (χ4v) is 2.89. The number of aliphatic hydroxyl groups is 1. The second-order valence-corrected chi connectivity index (χ2v) is 7.34. The van der Waals surface area contributed by atoms with Gasteiger partial charge in [-0.3, -0.25) is 14.2 Å². The number of carbonyl (C=O) groups is 1. The molecule has 1 heterocycles. The number of aromatic nitrogens is 2. The summed E-state index contributed by atoms with van der Waals surface area (Å²) < 4.78 is 1.37. The van der Waals surface area contributed by atoms with Crippen molar-refractivity contribution in [1.29, 1.82) is 0 Å². The van der Waals surface area contributed by atoms with Crippen LogP contribution in [0, 0.1) is 12.8 Å². The Labute approximate surface area is 164 Å². The molecule has 1 aromatic carbocycles. The topological polar surface area (TPSA) is 84.2 Å². The highest BCUT2D eigenvalue weighted by Crippen LogP contribution is 2.20. The Balaban J connectivity index is 2.42. The van der Waals surface area contributed by atoms with Gasteiger partial charge in [0, 0.05) is 41.4 Å². The van der Waals surface area contributed by atoms with Crippen molar-refractivity contribution in [2.24, 2.45) is 5.92 Å². The largest absolute Gasteiger partial charge is 0.396 e. The van der Waals surface area contributed by atoms with Crippen LogP contribution in [-0.4, -0.2) is 33.7 Å². The van der Waals surface area contributed by atoms with Gasteiger partial charge in [0.15, 0.2) is 0 Å². The van der Waals surface area contributed by atoms with Crippen LogP contribution in [0.15, 0.2) is 29.1 Å². The van der Waals surface area contributed by atoms with Crippen LogP contribution in [0.25, 0.3) is 11.4 Å². The van der Waals surface area contributed by atoms with Crippen molar-refractivity contribution in [2.45, 2.75) is 40.2 Å². The van der Waals surface area contributed by atoms with Crippen molar-refractivity contribution in [3.63, 3.8) is 0 Å². The second-order valence-electron chi connectivity index (χ2n) is 6.90. The molecular formula is C20H26ClN3O3. The van der Waals surface area contributed by atoms with Crippen LogP contribution in [0.5, 0.6) is 0 Å². The maximum absolute atomic E-state index is 13.0. The van der Waals surface area contributed by atoms with Gasteiger partial charge in [-0.25, -0.2) is 4.98 Å². The molecule has 0 fully saturated rings. The van der Waals surface area contributed by atoms with Gasteiger partial charge < -0.3 is 10.4 Å². The van der Waals surface area contributed by atoms with Gasteiger partial charge in [0.1, 0.15) is 12.4 Å². The molecule has 1 amide bonds. The van der Waals surface area contributed by atoms with E-state index >= 15 is 0 Å². The Morgan fingerprint density at radius 1 is 1.30 bits per heavy atom. The Bertz CT molecular complexity index is 845. The number of amides is 1. The van der Waals surface area contributed by atoms with Crippen molar-refractivity contribution >= 4 is 17.5 Å². The molecule has 0 aliphatic rings. The average Bonchev–Trinajstić information content (AvgIpc) is 2.61. The summed E-state index contributed by atoms with van der Waals surface area (Å²) >= 11 is 5.95. The molecule has 2 aromatic rings. The molecule has 7 heteroatoms. The lowest BCUT2D eigenvalue weighted by Crippen LogP contribution is -2.36. The molecule has 0 aliphatic heterocycles. The lowest BCUT2D eigenvalue weighted by molar-refractivity contribution is -0.121. The molecule has 0 aliphatic carbocycles. The van der Waals surface area contributed by atoms with E-state index < -0.39 is 0 Å². The van der Waals surface area contributed by atoms with Gasteiger partial charge in [-0.15, -0.1) is 0 Å². The van der Waals surface area contributed by atoms with E-state index in [1.807, 2.05) is 0 Å². The van der Waals surface area contributed by atoms with Gasteiger partial charge in [-0.1, -0.05) is 25.4 Å². The SMILES string of the molecule is Cc1nc(-c2ccc(Cl)cc2)n(CC(=O)NCCC(C)C)c(=O)c1CCO. The molecule has 0 saturated heterocycles. The molecule has 0 atom stereocenters. The molecule has 0 saturated carbocycles. The summed E-state index contributed by atoms with van der Waals surface area (Å²) in [5.41, 5.74) is 1.37. The number of hydrogen-bond donors (Lipinski definition) is 2. The maximum atomic E-state index is 13.0. The highest BCUT2D eigenvalue weighted by molar-refractivity contribution is 6.30. The highest BCUT2D eigenvalue weighted by atomic mass is 35.5. The molecule has 0 spiro atoms. The Kier molecular flexibility index (Phi) is 7.56. The molecule has 2 N–H and O–H groups in total. The second kappa shape index (κ2) is 9.67. The third-order valence-electron chi connectivity index (χ3n) is 4.28. The van der Waals surface area contributed by atoms with E-state index in [1.165, 1.54) is 4.57 Å². The quantitative estimate of drug-likeness (QED) is 0.724. The summed E-state index contributed by atoms with van der Waals surface area (Å²) in [5, 5.41) is 12.7. The monoisotopic (exact) mass is 391 g/mol. The fourth-order valence-electron chi connectivity index (χ4n) is 2.77. The van der Waals surface area contributed by atoms with Crippen LogP contribution >= 0.6 is 11.6 Å². The first kappa shape index (κ1) is 21.1. The van der Waals surface area contributed by atoms with Crippen molar-refractivity contribution in [2.75, 3.05) is 13.2 Å². The molecule has 0 bridgehead atoms. The molecule has 1 aromatic heterocycles. The summed E-state index contributed by atoms with van der Waals surface area (Å²) in [6.07, 6.45) is 1.07. The van der Waals surface area contributed by atoms with E-state index in [4.69, 9.17) is 11.6 Å².